The highest BCUT2D eigenvalue weighted by Crippen LogP contribution is 2.24. The minimum absolute atomic E-state index is 0.593. The Morgan fingerprint density at radius 3 is 2.83 bits per heavy atom. The zero-order valence-corrected chi connectivity index (χ0v) is 14.9. The summed E-state index contributed by atoms with van der Waals surface area (Å²) >= 11 is 0. The third-order valence-corrected chi connectivity index (χ3v) is 4.73. The van der Waals surface area contributed by atoms with Gasteiger partial charge in [0.1, 0.15) is 0 Å². The standard InChI is InChI=1S/C19H28N4O/c1-16-12-18(23-11-5-9-20-23)7-6-17(16)13-22-10-4-8-19(24,15-22)14-21(2)3/h5-7,9,11-12,24H,4,8,10,13-15H2,1-3H3. The van der Waals surface area contributed by atoms with Crippen LogP contribution < -0.4 is 0 Å². The minimum atomic E-state index is -0.593. The predicted molar refractivity (Wildman–Crippen MR) is 96.3 cm³/mol. The van der Waals surface area contributed by atoms with E-state index in [1.54, 1.807) is 6.20 Å². The van der Waals surface area contributed by atoms with Crippen molar-refractivity contribution >= 4 is 0 Å². The number of hydrogen-bond acceptors (Lipinski definition) is 4. The van der Waals surface area contributed by atoms with E-state index >= 15 is 0 Å². The predicted octanol–water partition coefficient (Wildman–Crippen LogP) is 2.07. The molecule has 1 aliphatic rings. The molecule has 130 valence electrons. The molecule has 1 unspecified atom stereocenters. The fraction of sp³-hybridized carbons (Fsp3) is 0.526. The highest BCUT2D eigenvalue weighted by molar-refractivity contribution is 5.39. The number of rotatable bonds is 5. The van der Waals surface area contributed by atoms with E-state index in [2.05, 4.69) is 40.0 Å². The van der Waals surface area contributed by atoms with Crippen LogP contribution in [0.25, 0.3) is 5.69 Å². The highest BCUT2D eigenvalue weighted by atomic mass is 16.3. The van der Waals surface area contributed by atoms with E-state index in [0.29, 0.717) is 0 Å². The van der Waals surface area contributed by atoms with E-state index < -0.39 is 5.60 Å². The van der Waals surface area contributed by atoms with E-state index in [9.17, 15) is 5.11 Å². The largest absolute Gasteiger partial charge is 0.387 e. The Balaban J connectivity index is 1.69. The Hall–Kier alpha value is -1.69. The average Bonchev–Trinajstić information content (AvgIpc) is 3.02. The molecule has 1 aromatic carbocycles. The second-order valence-corrected chi connectivity index (χ2v) is 7.34. The van der Waals surface area contributed by atoms with Crippen molar-refractivity contribution in [3.8, 4) is 5.69 Å². The number of hydrogen-bond donors (Lipinski definition) is 1. The zero-order chi connectivity index (χ0) is 17.2. The lowest BCUT2D eigenvalue weighted by Gasteiger charge is -2.40. The fourth-order valence-corrected chi connectivity index (χ4v) is 3.72. The molecule has 0 amide bonds. The molecule has 2 heterocycles. The molecule has 2 aromatic rings. The smallest absolute Gasteiger partial charge is 0.0900 e. The van der Waals surface area contributed by atoms with E-state index in [1.165, 1.54) is 11.1 Å². The van der Waals surface area contributed by atoms with E-state index in [0.717, 1.165) is 44.7 Å². The molecule has 0 spiro atoms. The fourth-order valence-electron chi connectivity index (χ4n) is 3.72. The summed E-state index contributed by atoms with van der Waals surface area (Å²) in [6, 6.07) is 8.41. The van der Waals surface area contributed by atoms with Gasteiger partial charge in [0.05, 0.1) is 11.3 Å². The van der Waals surface area contributed by atoms with Gasteiger partial charge in [0.25, 0.3) is 0 Å². The third-order valence-electron chi connectivity index (χ3n) is 4.73. The first-order valence-corrected chi connectivity index (χ1v) is 8.64. The topological polar surface area (TPSA) is 44.5 Å². The monoisotopic (exact) mass is 328 g/mol. The molecule has 1 aromatic heterocycles. The van der Waals surface area contributed by atoms with Crippen molar-refractivity contribution in [2.75, 3.05) is 33.7 Å². The van der Waals surface area contributed by atoms with Gasteiger partial charge in [-0.3, -0.25) is 4.90 Å². The average molecular weight is 328 g/mol. The second kappa shape index (κ2) is 7.05. The number of β-amino-alcohol motifs (C(OH)–C–C–N with tert-alkyl or cyclic N) is 1. The number of benzene rings is 1. The molecule has 0 bridgehead atoms. The van der Waals surface area contributed by atoms with Gasteiger partial charge in [0.15, 0.2) is 0 Å². The first kappa shape index (κ1) is 17.1. The maximum absolute atomic E-state index is 10.8. The first-order chi connectivity index (χ1) is 11.5. The second-order valence-electron chi connectivity index (χ2n) is 7.34. The number of aliphatic hydroxyl groups is 1. The van der Waals surface area contributed by atoms with Crippen molar-refractivity contribution < 1.29 is 5.11 Å². The number of likely N-dealkylation sites (N-methyl/N-ethyl adjacent to an activating group) is 1. The van der Waals surface area contributed by atoms with Crippen molar-refractivity contribution in [2.45, 2.75) is 31.9 Å². The van der Waals surface area contributed by atoms with Crippen LogP contribution in [0.5, 0.6) is 0 Å². The van der Waals surface area contributed by atoms with Crippen LogP contribution in [0.1, 0.15) is 24.0 Å². The maximum atomic E-state index is 10.8. The first-order valence-electron chi connectivity index (χ1n) is 8.64. The molecule has 0 saturated carbocycles. The molecule has 1 fully saturated rings. The van der Waals surface area contributed by atoms with Gasteiger partial charge in [-0.25, -0.2) is 4.68 Å². The summed E-state index contributed by atoms with van der Waals surface area (Å²) in [5, 5.41) is 15.1. The summed E-state index contributed by atoms with van der Waals surface area (Å²) < 4.78 is 1.88. The molecule has 5 nitrogen and oxygen atoms in total. The van der Waals surface area contributed by atoms with Crippen molar-refractivity contribution in [3.63, 3.8) is 0 Å². The quantitative estimate of drug-likeness (QED) is 0.913. The van der Waals surface area contributed by atoms with Gasteiger partial charge in [0.2, 0.25) is 0 Å². The van der Waals surface area contributed by atoms with Crippen molar-refractivity contribution in [3.05, 3.63) is 47.8 Å². The third kappa shape index (κ3) is 4.04. The van der Waals surface area contributed by atoms with Crippen LogP contribution in [-0.2, 0) is 6.54 Å². The molecule has 1 aliphatic heterocycles. The Bertz CT molecular complexity index is 668. The lowest BCUT2D eigenvalue weighted by atomic mass is 9.92. The van der Waals surface area contributed by atoms with Gasteiger partial charge in [-0.15, -0.1) is 0 Å². The minimum Gasteiger partial charge on any atom is -0.387 e. The van der Waals surface area contributed by atoms with Crippen LogP contribution in [0, 0.1) is 6.92 Å². The lowest BCUT2D eigenvalue weighted by molar-refractivity contribution is -0.0480. The van der Waals surface area contributed by atoms with E-state index in [1.807, 2.05) is 31.0 Å². The molecule has 24 heavy (non-hydrogen) atoms. The number of likely N-dealkylation sites (tertiary alicyclic amines) is 1. The summed E-state index contributed by atoms with van der Waals surface area (Å²) in [5.74, 6) is 0. The summed E-state index contributed by atoms with van der Waals surface area (Å²) in [7, 11) is 4.05. The number of nitrogens with zero attached hydrogens (tertiary/aromatic N) is 4. The van der Waals surface area contributed by atoms with Crippen LogP contribution in [0.15, 0.2) is 36.7 Å². The Kier molecular flexibility index (Phi) is 5.04. The summed E-state index contributed by atoms with van der Waals surface area (Å²) in [5.41, 5.74) is 3.08. The Morgan fingerprint density at radius 1 is 1.33 bits per heavy atom. The van der Waals surface area contributed by atoms with Crippen LogP contribution in [0.2, 0.25) is 0 Å². The van der Waals surface area contributed by atoms with Crippen molar-refractivity contribution in [1.82, 2.24) is 19.6 Å². The zero-order valence-electron chi connectivity index (χ0n) is 14.9. The molecule has 0 radical (unpaired) electrons. The lowest BCUT2D eigenvalue weighted by Crippen LogP contribution is -2.52. The summed E-state index contributed by atoms with van der Waals surface area (Å²) in [6.07, 6.45) is 5.69. The number of piperidine rings is 1. The molecule has 5 heteroatoms. The Labute approximate surface area is 144 Å². The molecule has 1 N–H and O–H groups in total. The SMILES string of the molecule is Cc1cc(-n2cccn2)ccc1CN1CCCC(O)(CN(C)C)C1. The molecule has 3 rings (SSSR count). The Morgan fingerprint density at radius 2 is 2.17 bits per heavy atom. The highest BCUT2D eigenvalue weighted by Gasteiger charge is 2.33. The van der Waals surface area contributed by atoms with Gasteiger partial charge in [-0.2, -0.15) is 5.10 Å². The molecular formula is C19H28N4O. The summed E-state index contributed by atoms with van der Waals surface area (Å²) in [6.45, 7) is 5.56. The normalized spacial score (nSPS) is 22.2. The van der Waals surface area contributed by atoms with Gasteiger partial charge in [-0.05, 0) is 69.7 Å². The van der Waals surface area contributed by atoms with E-state index in [-0.39, 0.29) is 0 Å². The number of aromatic nitrogens is 2. The molecule has 0 aliphatic carbocycles. The van der Waals surface area contributed by atoms with E-state index in [4.69, 9.17) is 0 Å². The maximum Gasteiger partial charge on any atom is 0.0900 e. The van der Waals surface area contributed by atoms with Gasteiger partial charge in [-0.1, -0.05) is 6.07 Å². The van der Waals surface area contributed by atoms with Gasteiger partial charge in [0, 0.05) is 32.0 Å². The molecule has 1 atom stereocenters. The van der Waals surface area contributed by atoms with Crippen LogP contribution in [0.3, 0.4) is 0 Å². The van der Waals surface area contributed by atoms with Crippen molar-refractivity contribution in [1.29, 1.82) is 0 Å². The number of aryl methyl sites for hydroxylation is 1. The van der Waals surface area contributed by atoms with Gasteiger partial charge >= 0.3 is 0 Å². The molecule has 1 saturated heterocycles. The molecular weight excluding hydrogens is 300 g/mol. The van der Waals surface area contributed by atoms with Crippen molar-refractivity contribution in [2.24, 2.45) is 0 Å². The van der Waals surface area contributed by atoms with Crippen LogP contribution >= 0.6 is 0 Å². The van der Waals surface area contributed by atoms with Gasteiger partial charge < -0.3 is 10.0 Å². The summed E-state index contributed by atoms with van der Waals surface area (Å²) in [4.78, 5) is 4.45. The van der Waals surface area contributed by atoms with Crippen LogP contribution in [-0.4, -0.2) is 64.0 Å². The van der Waals surface area contributed by atoms with Crippen LogP contribution in [0.4, 0.5) is 0 Å².